The molecule has 0 aliphatic carbocycles. The molecule has 5 rings (SSSR count). The molecule has 0 bridgehead atoms. The average Bonchev–Trinajstić information content (AvgIpc) is 3.30. The Hall–Kier alpha value is -4.02. The van der Waals surface area contributed by atoms with Crippen LogP contribution < -0.4 is 19.5 Å². The summed E-state index contributed by atoms with van der Waals surface area (Å²) in [5.74, 6) is 1.21. The molecule has 8 nitrogen and oxygen atoms in total. The fourth-order valence-corrected chi connectivity index (χ4v) is 5.98. The molecular formula is C26H23N3O5S2. The van der Waals surface area contributed by atoms with Gasteiger partial charge in [-0.2, -0.15) is 0 Å². The van der Waals surface area contributed by atoms with Crippen LogP contribution in [0.15, 0.2) is 77.7 Å². The first-order valence-electron chi connectivity index (χ1n) is 11.0. The predicted octanol–water partition coefficient (Wildman–Crippen LogP) is 5.59. The molecule has 0 aliphatic heterocycles. The molecule has 10 heteroatoms. The van der Waals surface area contributed by atoms with Crippen LogP contribution in [0.3, 0.4) is 0 Å². The van der Waals surface area contributed by atoms with Crippen LogP contribution in [0, 0.1) is 0 Å². The summed E-state index contributed by atoms with van der Waals surface area (Å²) in [6, 6.07) is 21.2. The lowest BCUT2D eigenvalue weighted by Crippen LogP contribution is -2.12. The van der Waals surface area contributed by atoms with Crippen molar-refractivity contribution in [2.24, 2.45) is 0 Å². The van der Waals surface area contributed by atoms with Crippen molar-refractivity contribution in [3.63, 3.8) is 0 Å². The highest BCUT2D eigenvalue weighted by Gasteiger charge is 2.18. The molecular weight excluding hydrogens is 498 g/mol. The Kier molecular flexibility index (Phi) is 6.29. The van der Waals surface area contributed by atoms with Gasteiger partial charge in [-0.05, 0) is 60.0 Å². The van der Waals surface area contributed by atoms with Gasteiger partial charge in [-0.3, -0.25) is 4.72 Å². The number of hydrogen-bond acceptors (Lipinski definition) is 8. The number of nitrogens with zero attached hydrogens (tertiary/aromatic N) is 1. The molecule has 0 atom stereocenters. The number of phenolic OH excluding ortho intramolecular Hbond substituents is 1. The zero-order valence-electron chi connectivity index (χ0n) is 19.5. The minimum Gasteiger partial charge on any atom is -0.504 e. The smallest absolute Gasteiger partial charge is 0.263 e. The van der Waals surface area contributed by atoms with Gasteiger partial charge in [-0.1, -0.05) is 29.5 Å². The molecule has 0 spiro atoms. The molecule has 1 heterocycles. The van der Waals surface area contributed by atoms with Crippen LogP contribution in [0.2, 0.25) is 0 Å². The van der Waals surface area contributed by atoms with Crippen LogP contribution in [0.25, 0.3) is 21.0 Å². The first kappa shape index (κ1) is 23.7. The van der Waals surface area contributed by atoms with Crippen LogP contribution in [-0.4, -0.2) is 32.7 Å². The van der Waals surface area contributed by atoms with E-state index in [0.29, 0.717) is 28.7 Å². The quantitative estimate of drug-likeness (QED) is 0.244. The molecule has 0 saturated heterocycles. The number of aromatic nitrogens is 1. The number of hydrogen-bond donors (Lipinski definition) is 3. The van der Waals surface area contributed by atoms with E-state index in [-0.39, 0.29) is 10.6 Å². The number of ether oxygens (including phenoxy) is 2. The number of para-hydroxylation sites is 1. The zero-order valence-corrected chi connectivity index (χ0v) is 21.1. The molecule has 184 valence electrons. The number of nitrogens with one attached hydrogen (secondary N) is 2. The summed E-state index contributed by atoms with van der Waals surface area (Å²) < 4.78 is 39.9. The molecule has 0 unspecified atom stereocenters. The number of rotatable bonds is 8. The van der Waals surface area contributed by atoms with E-state index in [1.54, 1.807) is 37.4 Å². The van der Waals surface area contributed by atoms with E-state index in [4.69, 9.17) is 9.47 Å². The van der Waals surface area contributed by atoms with Gasteiger partial charge in [0.05, 0.1) is 29.3 Å². The van der Waals surface area contributed by atoms with E-state index in [1.165, 1.54) is 30.6 Å². The Labute approximate surface area is 212 Å². The summed E-state index contributed by atoms with van der Waals surface area (Å²) in [6.07, 6.45) is 0. The highest BCUT2D eigenvalue weighted by molar-refractivity contribution is 7.93. The summed E-state index contributed by atoms with van der Waals surface area (Å²) in [4.78, 5) is 4.67. The summed E-state index contributed by atoms with van der Waals surface area (Å²) in [5.41, 5.74) is 2.10. The SMILES string of the molecule is COc1ccc2c(ccc3sc(NS(=O)(=O)c4ccc(NCc5cccc(OC)c5O)cc4)nc32)c1. The highest BCUT2D eigenvalue weighted by atomic mass is 32.2. The maximum absolute atomic E-state index is 13.0. The first-order chi connectivity index (χ1) is 17.4. The number of benzene rings is 4. The number of anilines is 2. The first-order valence-corrected chi connectivity index (χ1v) is 13.3. The van der Waals surface area contributed by atoms with E-state index in [2.05, 4.69) is 15.0 Å². The van der Waals surface area contributed by atoms with E-state index in [1.807, 2.05) is 30.3 Å². The second kappa shape index (κ2) is 9.56. The van der Waals surface area contributed by atoms with Gasteiger partial charge < -0.3 is 19.9 Å². The van der Waals surface area contributed by atoms with E-state index in [0.717, 1.165) is 26.7 Å². The lowest BCUT2D eigenvalue weighted by Gasteiger charge is -2.11. The van der Waals surface area contributed by atoms with Crippen LogP contribution >= 0.6 is 11.3 Å². The largest absolute Gasteiger partial charge is 0.504 e. The molecule has 1 aromatic heterocycles. The number of methoxy groups -OCH3 is 2. The van der Waals surface area contributed by atoms with Crippen molar-refractivity contribution in [3.05, 3.63) is 78.4 Å². The number of thiazole rings is 1. The molecule has 0 fully saturated rings. The Morgan fingerprint density at radius 3 is 2.53 bits per heavy atom. The van der Waals surface area contributed by atoms with Gasteiger partial charge in [0.25, 0.3) is 10.0 Å². The standard InChI is InChI=1S/C26H23N3O5S2/c1-33-19-9-12-21-16(14-19)6-13-23-24(21)28-26(35-23)29-36(31,32)20-10-7-18(8-11-20)27-15-17-4-3-5-22(34-2)25(17)30/h3-14,27,30H,15H2,1-2H3,(H,28,29). The lowest BCUT2D eigenvalue weighted by atomic mass is 10.1. The third-order valence-electron chi connectivity index (χ3n) is 5.75. The molecule has 0 radical (unpaired) electrons. The Balaban J connectivity index is 1.32. The normalized spacial score (nSPS) is 11.5. The maximum atomic E-state index is 13.0. The van der Waals surface area contributed by atoms with Crippen molar-refractivity contribution in [2.75, 3.05) is 24.3 Å². The lowest BCUT2D eigenvalue weighted by molar-refractivity contribution is 0.371. The number of aromatic hydroxyl groups is 1. The molecule has 36 heavy (non-hydrogen) atoms. The van der Waals surface area contributed by atoms with E-state index < -0.39 is 10.0 Å². The van der Waals surface area contributed by atoms with Crippen molar-refractivity contribution in [3.8, 4) is 17.2 Å². The second-order valence-electron chi connectivity index (χ2n) is 7.97. The van der Waals surface area contributed by atoms with E-state index >= 15 is 0 Å². The Morgan fingerprint density at radius 1 is 0.972 bits per heavy atom. The highest BCUT2D eigenvalue weighted by Crippen LogP contribution is 2.34. The van der Waals surface area contributed by atoms with E-state index in [9.17, 15) is 13.5 Å². The minimum absolute atomic E-state index is 0.0682. The predicted molar refractivity (Wildman–Crippen MR) is 143 cm³/mol. The Morgan fingerprint density at radius 2 is 1.78 bits per heavy atom. The van der Waals surface area contributed by atoms with Crippen molar-refractivity contribution in [2.45, 2.75) is 11.4 Å². The van der Waals surface area contributed by atoms with Crippen molar-refractivity contribution >= 4 is 53.2 Å². The van der Waals surface area contributed by atoms with Crippen molar-refractivity contribution < 1.29 is 23.0 Å². The monoisotopic (exact) mass is 521 g/mol. The van der Waals surface area contributed by atoms with Crippen LogP contribution in [0.1, 0.15) is 5.56 Å². The molecule has 4 aromatic carbocycles. The molecule has 0 aliphatic rings. The number of fused-ring (bicyclic) bond motifs is 3. The molecule has 3 N–H and O–H groups in total. The third kappa shape index (κ3) is 4.60. The maximum Gasteiger partial charge on any atom is 0.263 e. The average molecular weight is 522 g/mol. The van der Waals surface area contributed by atoms with Gasteiger partial charge in [0.15, 0.2) is 16.6 Å². The van der Waals surface area contributed by atoms with Gasteiger partial charge in [-0.15, -0.1) is 0 Å². The van der Waals surface area contributed by atoms with Gasteiger partial charge in [0.2, 0.25) is 0 Å². The van der Waals surface area contributed by atoms with Crippen LogP contribution in [0.5, 0.6) is 17.2 Å². The minimum atomic E-state index is -3.83. The van der Waals surface area contributed by atoms with Gasteiger partial charge in [0.1, 0.15) is 5.75 Å². The Bertz CT molecular complexity index is 1670. The summed E-state index contributed by atoms with van der Waals surface area (Å²) in [6.45, 7) is 0.346. The van der Waals surface area contributed by atoms with Crippen molar-refractivity contribution in [1.82, 2.24) is 4.98 Å². The topological polar surface area (TPSA) is 110 Å². The molecule has 0 amide bonds. The summed E-state index contributed by atoms with van der Waals surface area (Å²) in [7, 11) is -0.723. The van der Waals surface area contributed by atoms with Gasteiger partial charge in [0, 0.05) is 23.2 Å². The van der Waals surface area contributed by atoms with Crippen LogP contribution in [0.4, 0.5) is 10.8 Å². The van der Waals surface area contributed by atoms with Crippen molar-refractivity contribution in [1.29, 1.82) is 0 Å². The zero-order chi connectivity index (χ0) is 25.3. The fourth-order valence-electron chi connectivity index (χ4n) is 3.87. The molecule has 0 saturated carbocycles. The van der Waals surface area contributed by atoms with Gasteiger partial charge >= 0.3 is 0 Å². The summed E-state index contributed by atoms with van der Waals surface area (Å²) in [5, 5.41) is 15.6. The summed E-state index contributed by atoms with van der Waals surface area (Å²) >= 11 is 1.28. The number of phenols is 1. The fraction of sp³-hybridized carbons (Fsp3) is 0.115. The second-order valence-corrected chi connectivity index (χ2v) is 10.7. The van der Waals surface area contributed by atoms with Crippen LogP contribution in [-0.2, 0) is 16.6 Å². The third-order valence-corrected chi connectivity index (χ3v) is 8.17. The number of sulfonamides is 1. The van der Waals surface area contributed by atoms with Gasteiger partial charge in [-0.25, -0.2) is 13.4 Å². The molecule has 5 aromatic rings.